The van der Waals surface area contributed by atoms with E-state index in [0.717, 1.165) is 31.2 Å². The summed E-state index contributed by atoms with van der Waals surface area (Å²) in [6.07, 6.45) is -11.7. The second-order valence-electron chi connectivity index (χ2n) is 7.00. The van der Waals surface area contributed by atoms with E-state index in [1.165, 1.54) is 0 Å². The zero-order valence-electron chi connectivity index (χ0n) is 16.7. The molecular formula is C20H15BF7NO4. The van der Waals surface area contributed by atoms with Crippen LogP contribution in [-0.2, 0) is 27.4 Å². The standard InChI is InChI=1S/C20H15BF7NO4/c1-10(11-6-13(19(23,24)25)8-14(7-11)20(26,27)28)33-9-18(16(30)31,29-17(21)32)12-2-4-15(22)5-3-12/h2-8,10H,9H2,1H3,(H,29,32)(H,30,31)/t10-,18-/m1/s1. The number of carbonyl (C=O) groups excluding carboxylic acids is 1. The molecule has 2 aromatic carbocycles. The van der Waals surface area contributed by atoms with Gasteiger partial charge in [0.25, 0.3) is 0 Å². The maximum atomic E-state index is 13.3. The molecule has 1 amide bonds. The second kappa shape index (κ2) is 9.42. The van der Waals surface area contributed by atoms with E-state index < -0.39 is 64.9 Å². The lowest BCUT2D eigenvalue weighted by Gasteiger charge is -2.32. The molecule has 0 fully saturated rings. The number of amides is 1. The summed E-state index contributed by atoms with van der Waals surface area (Å²) in [5, 5.41) is 11.7. The molecule has 33 heavy (non-hydrogen) atoms. The number of carbonyl (C=O) groups is 2. The number of alkyl halides is 6. The van der Waals surface area contributed by atoms with Gasteiger partial charge in [0.15, 0.2) is 11.3 Å². The molecule has 0 aliphatic rings. The van der Waals surface area contributed by atoms with Gasteiger partial charge >= 0.3 is 18.3 Å². The molecule has 13 heteroatoms. The first kappa shape index (κ1) is 26.2. The van der Waals surface area contributed by atoms with Gasteiger partial charge < -0.3 is 15.2 Å². The van der Waals surface area contributed by atoms with Crippen molar-refractivity contribution in [1.29, 1.82) is 0 Å². The maximum absolute atomic E-state index is 13.3. The minimum Gasteiger partial charge on any atom is -0.479 e. The van der Waals surface area contributed by atoms with Crippen molar-refractivity contribution in [3.8, 4) is 0 Å². The van der Waals surface area contributed by atoms with Crippen LogP contribution < -0.4 is 5.32 Å². The summed E-state index contributed by atoms with van der Waals surface area (Å²) in [4.78, 5) is 23.5. The Kier molecular flexibility index (Phi) is 7.47. The first-order valence-electron chi connectivity index (χ1n) is 9.04. The normalized spacial score (nSPS) is 14.9. The number of carboxylic acid groups (broad SMARTS) is 1. The zero-order chi connectivity index (χ0) is 25.2. The molecule has 2 radical (unpaired) electrons. The molecule has 176 valence electrons. The van der Waals surface area contributed by atoms with Crippen LogP contribution in [0.25, 0.3) is 0 Å². The fourth-order valence-corrected chi connectivity index (χ4v) is 2.93. The van der Waals surface area contributed by atoms with Crippen LogP contribution in [0.3, 0.4) is 0 Å². The summed E-state index contributed by atoms with van der Waals surface area (Å²) in [5.41, 5.74) is -6.33. The van der Waals surface area contributed by atoms with Gasteiger partial charge in [-0.2, -0.15) is 26.3 Å². The first-order valence-corrected chi connectivity index (χ1v) is 9.04. The van der Waals surface area contributed by atoms with E-state index in [9.17, 15) is 45.4 Å². The average molecular weight is 477 g/mol. The number of carboxylic acids is 1. The Hall–Kier alpha value is -3.09. The van der Waals surface area contributed by atoms with Crippen molar-refractivity contribution < 1.29 is 50.2 Å². The lowest BCUT2D eigenvalue weighted by molar-refractivity contribution is -0.148. The summed E-state index contributed by atoms with van der Waals surface area (Å²) in [6.45, 7) is 0.132. The summed E-state index contributed by atoms with van der Waals surface area (Å²) in [6, 6.07) is 4.55. The van der Waals surface area contributed by atoms with Crippen molar-refractivity contribution >= 4 is 19.6 Å². The number of rotatable bonds is 7. The van der Waals surface area contributed by atoms with E-state index in [1.807, 2.05) is 5.32 Å². The Morgan fingerprint density at radius 1 is 0.970 bits per heavy atom. The second-order valence-corrected chi connectivity index (χ2v) is 7.00. The average Bonchev–Trinajstić information content (AvgIpc) is 2.69. The van der Waals surface area contributed by atoms with Crippen LogP contribution in [0.15, 0.2) is 42.5 Å². The predicted molar refractivity (Wildman–Crippen MR) is 101 cm³/mol. The van der Waals surface area contributed by atoms with E-state index in [2.05, 4.69) is 0 Å². The van der Waals surface area contributed by atoms with Crippen LogP contribution in [0.1, 0.15) is 35.3 Å². The lowest BCUT2D eigenvalue weighted by atomic mass is 9.89. The molecule has 2 N–H and O–H groups in total. The molecule has 0 unspecified atom stereocenters. The highest BCUT2D eigenvalue weighted by Crippen LogP contribution is 2.38. The molecule has 0 aliphatic heterocycles. The van der Waals surface area contributed by atoms with Crippen LogP contribution in [0.5, 0.6) is 0 Å². The highest BCUT2D eigenvalue weighted by atomic mass is 19.4. The predicted octanol–water partition coefficient (Wildman–Crippen LogP) is 4.80. The van der Waals surface area contributed by atoms with Crippen molar-refractivity contribution in [3.63, 3.8) is 0 Å². The summed E-state index contributed by atoms with van der Waals surface area (Å²) in [7, 11) is 5.04. The molecule has 0 heterocycles. The number of halogens is 7. The molecule has 0 bridgehead atoms. The zero-order valence-corrected chi connectivity index (χ0v) is 16.7. The number of hydrogen-bond acceptors (Lipinski definition) is 3. The highest BCUT2D eigenvalue weighted by Gasteiger charge is 2.43. The van der Waals surface area contributed by atoms with Gasteiger partial charge in [0.05, 0.1) is 23.8 Å². The number of hydrogen-bond donors (Lipinski definition) is 2. The third-order valence-electron chi connectivity index (χ3n) is 4.67. The maximum Gasteiger partial charge on any atom is 0.416 e. The number of aliphatic carboxylic acids is 1. The molecule has 5 nitrogen and oxygen atoms in total. The molecule has 0 saturated heterocycles. The van der Waals surface area contributed by atoms with E-state index in [4.69, 9.17) is 12.6 Å². The Labute approximate surface area is 183 Å². The number of nitrogens with one attached hydrogen (secondary N) is 1. The van der Waals surface area contributed by atoms with Gasteiger partial charge in [0.2, 0.25) is 7.85 Å². The Bertz CT molecular complexity index is 992. The third kappa shape index (κ3) is 6.24. The third-order valence-corrected chi connectivity index (χ3v) is 4.67. The van der Waals surface area contributed by atoms with E-state index in [1.54, 1.807) is 0 Å². The molecule has 0 aromatic heterocycles. The van der Waals surface area contributed by atoms with Gasteiger partial charge in [-0.15, -0.1) is 0 Å². The Morgan fingerprint density at radius 3 is 1.85 bits per heavy atom. The fourth-order valence-electron chi connectivity index (χ4n) is 2.93. The number of benzene rings is 2. The minimum atomic E-state index is -5.10. The first-order chi connectivity index (χ1) is 15.1. The summed E-state index contributed by atoms with van der Waals surface area (Å²) >= 11 is 0. The SMILES string of the molecule is [B]C(=O)N[C@@](CO[C@H](C)c1cc(C(F)(F)F)cc(C(F)(F)F)c1)(C(=O)O)c1ccc(F)cc1. The van der Waals surface area contributed by atoms with E-state index >= 15 is 0 Å². The van der Waals surface area contributed by atoms with Crippen molar-refractivity contribution in [1.82, 2.24) is 5.32 Å². The minimum absolute atomic E-state index is 0.0646. The quantitative estimate of drug-likeness (QED) is 0.444. The van der Waals surface area contributed by atoms with Gasteiger partial charge in [-0.25, -0.2) is 9.18 Å². The van der Waals surface area contributed by atoms with Crippen molar-refractivity contribution in [2.24, 2.45) is 0 Å². The van der Waals surface area contributed by atoms with Gasteiger partial charge in [-0.1, -0.05) is 12.1 Å². The summed E-state index contributed by atoms with van der Waals surface area (Å²) in [5.74, 6) is -3.79. The van der Waals surface area contributed by atoms with Gasteiger partial charge in [-0.05, 0) is 48.4 Å². The van der Waals surface area contributed by atoms with Gasteiger partial charge in [-0.3, -0.25) is 4.79 Å². The van der Waals surface area contributed by atoms with Crippen LogP contribution in [0.4, 0.5) is 35.5 Å². The van der Waals surface area contributed by atoms with Crippen LogP contribution >= 0.6 is 0 Å². The molecule has 2 rings (SSSR count). The van der Waals surface area contributed by atoms with Crippen molar-refractivity contribution in [2.75, 3.05) is 6.61 Å². The summed E-state index contributed by atoms with van der Waals surface area (Å²) < 4.78 is 97.2. The molecule has 2 atom stereocenters. The lowest BCUT2D eigenvalue weighted by Crippen LogP contribution is -2.55. The monoisotopic (exact) mass is 477 g/mol. The van der Waals surface area contributed by atoms with Gasteiger partial charge in [0, 0.05) is 0 Å². The Balaban J connectivity index is 2.46. The number of ether oxygens (including phenoxy) is 1. The smallest absolute Gasteiger partial charge is 0.416 e. The Morgan fingerprint density at radius 2 is 1.45 bits per heavy atom. The largest absolute Gasteiger partial charge is 0.479 e. The topological polar surface area (TPSA) is 75.6 Å². The van der Waals surface area contributed by atoms with Crippen molar-refractivity contribution in [2.45, 2.75) is 30.9 Å². The molecule has 0 saturated carbocycles. The highest BCUT2D eigenvalue weighted by molar-refractivity contribution is 6.57. The fraction of sp³-hybridized carbons (Fsp3) is 0.300. The van der Waals surface area contributed by atoms with Crippen molar-refractivity contribution in [3.05, 3.63) is 70.5 Å². The molecule has 0 spiro atoms. The van der Waals surface area contributed by atoms with E-state index in [0.29, 0.717) is 12.1 Å². The van der Waals surface area contributed by atoms with Crippen LogP contribution in [0.2, 0.25) is 0 Å². The molecular weight excluding hydrogens is 462 g/mol. The van der Waals surface area contributed by atoms with Gasteiger partial charge in [0.1, 0.15) is 5.82 Å². The molecule has 0 aliphatic carbocycles. The van der Waals surface area contributed by atoms with Crippen LogP contribution in [0, 0.1) is 5.82 Å². The van der Waals surface area contributed by atoms with E-state index in [-0.39, 0.29) is 11.6 Å². The molecule has 2 aromatic rings. The van der Waals surface area contributed by atoms with Crippen LogP contribution in [-0.4, -0.2) is 31.3 Å².